The molecule has 0 unspecified atom stereocenters. The number of piperidine rings is 1. The lowest BCUT2D eigenvalue weighted by Crippen LogP contribution is -3.11. The van der Waals surface area contributed by atoms with Crippen LogP contribution in [-0.4, -0.2) is 31.4 Å². The standard InChI is InChI=1S/C24H29N3O2/c28-23-13-8-16-27(23)22-12-5-4-11-21(22)24(29)25-17-19-9-2-3-10-20(19)18-26-14-6-1-7-15-26/h2-5,9-12H,1,6-8,13-18H2,(H,25,29)/p+1. The van der Waals surface area contributed by atoms with Crippen LogP contribution in [0.1, 0.15) is 53.6 Å². The Morgan fingerprint density at radius 2 is 1.66 bits per heavy atom. The minimum absolute atomic E-state index is 0.0973. The van der Waals surface area contributed by atoms with Gasteiger partial charge in [0.2, 0.25) is 5.91 Å². The average Bonchev–Trinajstić information content (AvgIpc) is 3.19. The van der Waals surface area contributed by atoms with Gasteiger partial charge in [-0.3, -0.25) is 9.59 Å². The van der Waals surface area contributed by atoms with E-state index in [0.29, 0.717) is 25.1 Å². The highest BCUT2D eigenvalue weighted by Crippen LogP contribution is 2.25. The first-order valence-electron chi connectivity index (χ1n) is 10.8. The number of likely N-dealkylation sites (tertiary alicyclic amines) is 1. The second-order valence-electron chi connectivity index (χ2n) is 8.10. The summed E-state index contributed by atoms with van der Waals surface area (Å²) in [7, 11) is 0. The van der Waals surface area contributed by atoms with E-state index in [1.165, 1.54) is 43.5 Å². The molecule has 2 aromatic carbocycles. The van der Waals surface area contributed by atoms with E-state index in [9.17, 15) is 9.59 Å². The minimum Gasteiger partial charge on any atom is -0.348 e. The molecule has 152 valence electrons. The summed E-state index contributed by atoms with van der Waals surface area (Å²) in [4.78, 5) is 28.5. The number of benzene rings is 2. The zero-order valence-corrected chi connectivity index (χ0v) is 17.0. The fourth-order valence-electron chi connectivity index (χ4n) is 4.47. The van der Waals surface area contributed by atoms with E-state index in [1.807, 2.05) is 24.3 Å². The molecule has 0 aromatic heterocycles. The van der Waals surface area contributed by atoms with Crippen LogP contribution in [0.15, 0.2) is 48.5 Å². The molecule has 2 aromatic rings. The molecule has 0 saturated carbocycles. The molecule has 0 bridgehead atoms. The number of nitrogens with zero attached hydrogens (tertiary/aromatic N) is 1. The number of amides is 2. The van der Waals surface area contributed by atoms with Gasteiger partial charge in [-0.2, -0.15) is 0 Å². The maximum atomic E-state index is 12.9. The van der Waals surface area contributed by atoms with Gasteiger partial charge in [0.05, 0.1) is 24.3 Å². The molecule has 2 aliphatic heterocycles. The van der Waals surface area contributed by atoms with Crippen molar-refractivity contribution < 1.29 is 14.5 Å². The van der Waals surface area contributed by atoms with Crippen LogP contribution in [0, 0.1) is 0 Å². The lowest BCUT2D eigenvalue weighted by Gasteiger charge is -2.24. The lowest BCUT2D eigenvalue weighted by atomic mass is 10.0. The molecule has 0 radical (unpaired) electrons. The first kappa shape index (κ1) is 19.6. The number of quaternary nitrogens is 1. The van der Waals surface area contributed by atoms with Gasteiger partial charge in [0.25, 0.3) is 5.91 Å². The highest BCUT2D eigenvalue weighted by molar-refractivity contribution is 6.05. The Bertz CT molecular complexity index is 874. The lowest BCUT2D eigenvalue weighted by molar-refractivity contribution is -0.918. The van der Waals surface area contributed by atoms with Crippen LogP contribution in [0.25, 0.3) is 0 Å². The Kier molecular flexibility index (Phi) is 6.25. The summed E-state index contributed by atoms with van der Waals surface area (Å²) in [6.45, 7) is 4.68. The van der Waals surface area contributed by atoms with E-state index in [1.54, 1.807) is 15.9 Å². The van der Waals surface area contributed by atoms with Crippen LogP contribution in [0.3, 0.4) is 0 Å². The summed E-state index contributed by atoms with van der Waals surface area (Å²) >= 11 is 0. The quantitative estimate of drug-likeness (QED) is 0.793. The predicted molar refractivity (Wildman–Crippen MR) is 114 cm³/mol. The highest BCUT2D eigenvalue weighted by atomic mass is 16.2. The topological polar surface area (TPSA) is 53.9 Å². The van der Waals surface area contributed by atoms with Crippen LogP contribution in [-0.2, 0) is 17.9 Å². The Morgan fingerprint density at radius 3 is 2.41 bits per heavy atom. The Hall–Kier alpha value is -2.66. The van der Waals surface area contributed by atoms with Gasteiger partial charge >= 0.3 is 0 Å². The van der Waals surface area contributed by atoms with E-state index in [-0.39, 0.29) is 11.8 Å². The summed E-state index contributed by atoms with van der Waals surface area (Å²) in [6, 6.07) is 15.8. The molecule has 2 saturated heterocycles. The van der Waals surface area contributed by atoms with Gasteiger partial charge < -0.3 is 15.1 Å². The summed E-state index contributed by atoms with van der Waals surface area (Å²) in [5.74, 6) is -0.0273. The van der Waals surface area contributed by atoms with Crippen molar-refractivity contribution in [3.63, 3.8) is 0 Å². The van der Waals surface area contributed by atoms with Gasteiger partial charge in [0.1, 0.15) is 6.54 Å². The molecule has 5 heteroatoms. The summed E-state index contributed by atoms with van der Waals surface area (Å²) in [6.07, 6.45) is 5.36. The number of hydrogen-bond donors (Lipinski definition) is 2. The third kappa shape index (κ3) is 4.67. The van der Waals surface area contributed by atoms with Gasteiger partial charge in [-0.15, -0.1) is 0 Å². The van der Waals surface area contributed by atoms with Gasteiger partial charge in [-0.25, -0.2) is 0 Å². The van der Waals surface area contributed by atoms with Crippen molar-refractivity contribution in [2.24, 2.45) is 0 Å². The SMILES string of the molecule is O=C(NCc1ccccc1C[NH+]1CCCCC1)c1ccccc1N1CCCC1=O. The number of nitrogens with one attached hydrogen (secondary N) is 2. The number of rotatable bonds is 6. The summed E-state index contributed by atoms with van der Waals surface area (Å²) < 4.78 is 0. The van der Waals surface area contributed by atoms with E-state index in [4.69, 9.17) is 0 Å². The van der Waals surface area contributed by atoms with Crippen molar-refractivity contribution in [3.8, 4) is 0 Å². The van der Waals surface area contributed by atoms with E-state index in [2.05, 4.69) is 23.5 Å². The minimum atomic E-state index is -0.125. The summed E-state index contributed by atoms with van der Waals surface area (Å²) in [5, 5.41) is 3.09. The molecule has 4 rings (SSSR count). The summed E-state index contributed by atoms with van der Waals surface area (Å²) in [5.41, 5.74) is 3.78. The zero-order chi connectivity index (χ0) is 20.1. The number of anilines is 1. The maximum Gasteiger partial charge on any atom is 0.253 e. The van der Waals surface area contributed by atoms with Crippen molar-refractivity contribution in [1.82, 2.24) is 5.32 Å². The number of hydrogen-bond acceptors (Lipinski definition) is 2. The molecular weight excluding hydrogens is 362 g/mol. The van der Waals surface area contributed by atoms with Gasteiger partial charge in [-0.1, -0.05) is 36.4 Å². The molecule has 0 atom stereocenters. The first-order valence-corrected chi connectivity index (χ1v) is 10.8. The zero-order valence-electron chi connectivity index (χ0n) is 17.0. The Labute approximate surface area is 172 Å². The van der Waals surface area contributed by atoms with Crippen LogP contribution in [0.2, 0.25) is 0 Å². The monoisotopic (exact) mass is 392 g/mol. The molecule has 0 spiro atoms. The first-order chi connectivity index (χ1) is 14.2. The molecule has 0 aliphatic carbocycles. The molecule has 2 aliphatic rings. The van der Waals surface area contributed by atoms with Gasteiger partial charge in [0.15, 0.2) is 0 Å². The smallest absolute Gasteiger partial charge is 0.253 e. The predicted octanol–water partition coefficient (Wildman–Crippen LogP) is 2.31. The van der Waals surface area contributed by atoms with Gasteiger partial charge in [0, 0.05) is 25.1 Å². The van der Waals surface area contributed by atoms with Crippen LogP contribution >= 0.6 is 0 Å². The fourth-order valence-corrected chi connectivity index (χ4v) is 4.47. The van der Waals surface area contributed by atoms with Crippen LogP contribution in [0.4, 0.5) is 5.69 Å². The fraction of sp³-hybridized carbons (Fsp3) is 0.417. The second-order valence-corrected chi connectivity index (χ2v) is 8.10. The molecule has 29 heavy (non-hydrogen) atoms. The van der Waals surface area contributed by atoms with Crippen molar-refractivity contribution >= 4 is 17.5 Å². The van der Waals surface area contributed by atoms with E-state index in [0.717, 1.165) is 18.7 Å². The van der Waals surface area contributed by atoms with Crippen LogP contribution < -0.4 is 15.1 Å². The Morgan fingerprint density at radius 1 is 0.931 bits per heavy atom. The molecule has 2 N–H and O–H groups in total. The van der Waals surface area contributed by atoms with Crippen LogP contribution in [0.5, 0.6) is 0 Å². The van der Waals surface area contributed by atoms with E-state index >= 15 is 0 Å². The average molecular weight is 393 g/mol. The molecule has 2 fully saturated rings. The highest BCUT2D eigenvalue weighted by Gasteiger charge is 2.25. The van der Waals surface area contributed by atoms with Crippen molar-refractivity contribution in [1.29, 1.82) is 0 Å². The normalized spacial score (nSPS) is 17.5. The van der Waals surface area contributed by atoms with Crippen molar-refractivity contribution in [3.05, 3.63) is 65.2 Å². The van der Waals surface area contributed by atoms with Gasteiger partial charge in [-0.05, 0) is 43.4 Å². The number of carbonyl (C=O) groups is 2. The molecular formula is C24H30N3O2+. The molecule has 2 amide bonds. The number of carbonyl (C=O) groups excluding carboxylic acids is 2. The van der Waals surface area contributed by atoms with Crippen molar-refractivity contribution in [2.75, 3.05) is 24.5 Å². The third-order valence-electron chi connectivity index (χ3n) is 6.07. The maximum absolute atomic E-state index is 12.9. The second kappa shape index (κ2) is 9.23. The van der Waals surface area contributed by atoms with Crippen molar-refractivity contribution in [2.45, 2.75) is 45.2 Å². The van der Waals surface area contributed by atoms with E-state index < -0.39 is 0 Å². The largest absolute Gasteiger partial charge is 0.348 e. The Balaban J connectivity index is 1.45. The number of para-hydroxylation sites is 1. The molecule has 5 nitrogen and oxygen atoms in total. The molecule has 2 heterocycles. The third-order valence-corrected chi connectivity index (χ3v) is 6.07.